The monoisotopic (exact) mass is 315 g/mol. The third-order valence-corrected chi connectivity index (χ3v) is 3.51. The fourth-order valence-corrected chi connectivity index (χ4v) is 1.64. The van der Waals surface area contributed by atoms with E-state index >= 15 is 0 Å². The van der Waals surface area contributed by atoms with E-state index in [1.165, 1.54) is 12.1 Å². The second-order valence-corrected chi connectivity index (χ2v) is 4.66. The van der Waals surface area contributed by atoms with Crippen molar-refractivity contribution < 1.29 is 4.39 Å². The molecule has 0 aliphatic carbocycles. The predicted octanol–water partition coefficient (Wildman–Crippen LogP) is 3.59. The normalized spacial score (nSPS) is 10.6. The summed E-state index contributed by atoms with van der Waals surface area (Å²) in [6.45, 7) is 1.79. The molecule has 1 heterocycles. The first-order valence-corrected chi connectivity index (χ1v) is 5.91. The number of nitrogens with two attached hydrogens (primary N) is 1. The number of aromatic nitrogens is 2. The number of rotatable bonds is 1. The van der Waals surface area contributed by atoms with Crippen molar-refractivity contribution in [2.75, 3.05) is 5.73 Å². The van der Waals surface area contributed by atoms with Gasteiger partial charge in [-0.2, -0.15) is 0 Å². The molecule has 0 radical (unpaired) electrons. The highest BCUT2D eigenvalue weighted by Gasteiger charge is 2.10. The lowest BCUT2D eigenvalue weighted by Crippen LogP contribution is -2.00. The Balaban J connectivity index is 2.57. The predicted molar refractivity (Wildman–Crippen MR) is 69.3 cm³/mol. The number of aryl methyl sites for hydroxylation is 1. The maximum absolute atomic E-state index is 13.3. The molecule has 2 rings (SSSR count). The van der Waals surface area contributed by atoms with Gasteiger partial charge >= 0.3 is 0 Å². The Bertz CT molecular complexity index is 566. The molecule has 0 bridgehead atoms. The van der Waals surface area contributed by atoms with Gasteiger partial charge in [0.1, 0.15) is 11.6 Å². The molecule has 2 N–H and O–H groups in total. The first-order valence-electron chi connectivity index (χ1n) is 4.74. The van der Waals surface area contributed by atoms with Crippen LogP contribution in [-0.4, -0.2) is 9.97 Å². The molecule has 1 aromatic carbocycles. The van der Waals surface area contributed by atoms with Gasteiger partial charge in [0.25, 0.3) is 0 Å². The standard InChI is InChI=1S/C11H8BrClFN3/c1-5-9(12)10(15)17-11(16-5)6-2-3-7(13)8(14)4-6/h2-4H,1H3,(H2,15,16,17). The molecule has 88 valence electrons. The highest BCUT2D eigenvalue weighted by atomic mass is 79.9. The maximum atomic E-state index is 13.3. The summed E-state index contributed by atoms with van der Waals surface area (Å²) in [4.78, 5) is 8.31. The Morgan fingerprint density at radius 1 is 1.35 bits per heavy atom. The van der Waals surface area contributed by atoms with E-state index in [1.54, 1.807) is 13.0 Å². The fourth-order valence-electron chi connectivity index (χ4n) is 1.35. The molecule has 2 aromatic rings. The summed E-state index contributed by atoms with van der Waals surface area (Å²) < 4.78 is 14.0. The summed E-state index contributed by atoms with van der Waals surface area (Å²) in [5.74, 6) is 0.188. The minimum atomic E-state index is -0.507. The van der Waals surface area contributed by atoms with Gasteiger partial charge in [0.05, 0.1) is 15.2 Å². The maximum Gasteiger partial charge on any atom is 0.161 e. The second-order valence-electron chi connectivity index (χ2n) is 3.46. The van der Waals surface area contributed by atoms with E-state index in [1.807, 2.05) is 0 Å². The van der Waals surface area contributed by atoms with Crippen molar-refractivity contribution in [1.29, 1.82) is 0 Å². The van der Waals surface area contributed by atoms with Crippen molar-refractivity contribution >= 4 is 33.3 Å². The van der Waals surface area contributed by atoms with Crippen LogP contribution in [0.2, 0.25) is 5.02 Å². The first kappa shape index (κ1) is 12.3. The molecular weight excluding hydrogens is 308 g/mol. The largest absolute Gasteiger partial charge is 0.383 e. The summed E-state index contributed by atoms with van der Waals surface area (Å²) in [5, 5.41) is 0.0653. The number of halogens is 3. The van der Waals surface area contributed by atoms with Crippen LogP contribution in [0, 0.1) is 12.7 Å². The SMILES string of the molecule is Cc1nc(-c2ccc(Cl)c(F)c2)nc(N)c1Br. The Labute approximate surface area is 111 Å². The molecule has 0 fully saturated rings. The van der Waals surface area contributed by atoms with Crippen LogP contribution in [0.1, 0.15) is 5.69 Å². The zero-order valence-corrected chi connectivity index (χ0v) is 11.2. The lowest BCUT2D eigenvalue weighted by atomic mass is 10.2. The van der Waals surface area contributed by atoms with Crippen molar-refractivity contribution in [3.8, 4) is 11.4 Å². The average molecular weight is 317 g/mol. The molecule has 0 unspecified atom stereocenters. The van der Waals surface area contributed by atoms with E-state index in [4.69, 9.17) is 17.3 Å². The van der Waals surface area contributed by atoms with Crippen molar-refractivity contribution in [3.05, 3.63) is 39.2 Å². The lowest BCUT2D eigenvalue weighted by Gasteiger charge is -2.06. The third-order valence-electron chi connectivity index (χ3n) is 2.22. The lowest BCUT2D eigenvalue weighted by molar-refractivity contribution is 0.628. The average Bonchev–Trinajstić information content (AvgIpc) is 2.29. The van der Waals surface area contributed by atoms with E-state index in [9.17, 15) is 4.39 Å². The zero-order valence-electron chi connectivity index (χ0n) is 8.84. The van der Waals surface area contributed by atoms with E-state index in [0.717, 1.165) is 0 Å². The van der Waals surface area contributed by atoms with Crippen LogP contribution in [0.25, 0.3) is 11.4 Å². The van der Waals surface area contributed by atoms with E-state index in [2.05, 4.69) is 25.9 Å². The molecule has 0 spiro atoms. The van der Waals surface area contributed by atoms with E-state index < -0.39 is 5.82 Å². The fraction of sp³-hybridized carbons (Fsp3) is 0.0909. The number of nitrogens with zero attached hydrogens (tertiary/aromatic N) is 2. The van der Waals surface area contributed by atoms with Crippen LogP contribution < -0.4 is 5.73 Å². The molecule has 0 amide bonds. The third kappa shape index (κ3) is 2.40. The highest BCUT2D eigenvalue weighted by molar-refractivity contribution is 9.10. The van der Waals surface area contributed by atoms with Gasteiger partial charge in [0.15, 0.2) is 5.82 Å². The summed E-state index contributed by atoms with van der Waals surface area (Å²) in [6, 6.07) is 4.39. The quantitative estimate of drug-likeness (QED) is 0.874. The van der Waals surface area contributed by atoms with Gasteiger partial charge in [-0.1, -0.05) is 11.6 Å². The van der Waals surface area contributed by atoms with Crippen LogP contribution in [-0.2, 0) is 0 Å². The number of nitrogen functional groups attached to an aromatic ring is 1. The molecular formula is C11H8BrClFN3. The molecule has 3 nitrogen and oxygen atoms in total. The molecule has 0 aliphatic rings. The summed E-state index contributed by atoms with van der Waals surface area (Å²) >= 11 is 8.87. The Morgan fingerprint density at radius 2 is 2.06 bits per heavy atom. The molecule has 0 saturated carbocycles. The van der Waals surface area contributed by atoms with Gasteiger partial charge in [-0.25, -0.2) is 14.4 Å². The van der Waals surface area contributed by atoms with Crippen molar-refractivity contribution in [2.45, 2.75) is 6.92 Å². The van der Waals surface area contributed by atoms with Gasteiger partial charge in [-0.15, -0.1) is 0 Å². The zero-order chi connectivity index (χ0) is 12.6. The molecule has 1 aromatic heterocycles. The number of hydrogen-bond acceptors (Lipinski definition) is 3. The smallest absolute Gasteiger partial charge is 0.161 e. The second kappa shape index (κ2) is 4.58. The van der Waals surface area contributed by atoms with Crippen molar-refractivity contribution in [1.82, 2.24) is 9.97 Å². The minimum absolute atomic E-state index is 0.0653. The van der Waals surface area contributed by atoms with Gasteiger partial charge in [0, 0.05) is 5.56 Å². The summed E-state index contributed by atoms with van der Waals surface area (Å²) in [6.07, 6.45) is 0. The molecule has 6 heteroatoms. The van der Waals surface area contributed by atoms with Gasteiger partial charge in [-0.3, -0.25) is 0 Å². The first-order chi connectivity index (χ1) is 7.99. The number of anilines is 1. The summed E-state index contributed by atoms with van der Waals surface area (Å²) in [5.41, 5.74) is 6.94. The molecule has 0 atom stereocenters. The summed E-state index contributed by atoms with van der Waals surface area (Å²) in [7, 11) is 0. The van der Waals surface area contributed by atoms with Crippen LogP contribution >= 0.6 is 27.5 Å². The van der Waals surface area contributed by atoms with Crippen molar-refractivity contribution in [2.24, 2.45) is 0 Å². The van der Waals surface area contributed by atoms with Crippen LogP contribution in [0.5, 0.6) is 0 Å². The minimum Gasteiger partial charge on any atom is -0.383 e. The molecule has 0 saturated heterocycles. The van der Waals surface area contributed by atoms with Crippen LogP contribution in [0.15, 0.2) is 22.7 Å². The van der Waals surface area contributed by atoms with Crippen LogP contribution in [0.3, 0.4) is 0 Å². The molecule has 17 heavy (non-hydrogen) atoms. The Kier molecular flexibility index (Phi) is 3.31. The topological polar surface area (TPSA) is 51.8 Å². The Hall–Kier alpha value is -1.20. The van der Waals surface area contributed by atoms with E-state index in [0.29, 0.717) is 27.4 Å². The van der Waals surface area contributed by atoms with Crippen LogP contribution in [0.4, 0.5) is 10.2 Å². The van der Waals surface area contributed by atoms with Gasteiger partial charge < -0.3 is 5.73 Å². The van der Waals surface area contributed by atoms with Gasteiger partial charge in [-0.05, 0) is 41.1 Å². The number of hydrogen-bond donors (Lipinski definition) is 1. The van der Waals surface area contributed by atoms with Crippen molar-refractivity contribution in [3.63, 3.8) is 0 Å². The van der Waals surface area contributed by atoms with E-state index in [-0.39, 0.29) is 5.02 Å². The highest BCUT2D eigenvalue weighted by Crippen LogP contribution is 2.26. The van der Waals surface area contributed by atoms with Gasteiger partial charge in [0.2, 0.25) is 0 Å². The molecule has 0 aliphatic heterocycles. The Morgan fingerprint density at radius 3 is 2.65 bits per heavy atom. The number of benzene rings is 1.